The van der Waals surface area contributed by atoms with Crippen molar-refractivity contribution < 1.29 is 14.6 Å². The molecule has 1 fully saturated rings. The van der Waals surface area contributed by atoms with Gasteiger partial charge in [-0.2, -0.15) is 0 Å². The molecule has 1 N–H and O–H groups in total. The fourth-order valence-corrected chi connectivity index (χ4v) is 1.99. The Morgan fingerprint density at radius 3 is 2.83 bits per heavy atom. The van der Waals surface area contributed by atoms with Crippen LogP contribution in [0.5, 0.6) is 5.75 Å². The number of ether oxygens (including phenoxy) is 1. The second-order valence-electron chi connectivity index (χ2n) is 4.03. The molecule has 1 aromatic carbocycles. The molecule has 5 heteroatoms. The van der Waals surface area contributed by atoms with Crippen molar-refractivity contribution in [2.45, 2.75) is 5.44 Å². The molecule has 1 heterocycles. The maximum Gasteiger partial charge on any atom is 0.246 e. The lowest BCUT2D eigenvalue weighted by atomic mass is 10.2. The van der Waals surface area contributed by atoms with Crippen LogP contribution in [0, 0.1) is 0 Å². The standard InChI is InChI=1S/C13H15NO3S/c15-11-4-1-10(2-5-11)3-6-12(16)14-7-8-17-13(18)9-14/h1-6,13,15,18H,7-9H2/b6-3+. The molecule has 0 aliphatic carbocycles. The molecule has 1 aromatic rings. The van der Waals surface area contributed by atoms with Gasteiger partial charge in [0, 0.05) is 12.6 Å². The van der Waals surface area contributed by atoms with Crippen molar-refractivity contribution in [1.82, 2.24) is 4.90 Å². The highest BCUT2D eigenvalue weighted by molar-refractivity contribution is 7.80. The first kappa shape index (κ1) is 13.0. The van der Waals surface area contributed by atoms with E-state index in [1.165, 1.54) is 6.08 Å². The van der Waals surface area contributed by atoms with E-state index >= 15 is 0 Å². The largest absolute Gasteiger partial charge is 0.508 e. The van der Waals surface area contributed by atoms with E-state index in [1.807, 2.05) is 0 Å². The van der Waals surface area contributed by atoms with E-state index in [4.69, 9.17) is 9.84 Å². The van der Waals surface area contributed by atoms with Crippen LogP contribution >= 0.6 is 12.6 Å². The number of thiol groups is 1. The molecule has 1 aliphatic heterocycles. The van der Waals surface area contributed by atoms with Crippen molar-refractivity contribution in [2.75, 3.05) is 19.7 Å². The second kappa shape index (κ2) is 5.93. The Kier molecular flexibility index (Phi) is 4.28. The number of benzene rings is 1. The van der Waals surface area contributed by atoms with Crippen LogP contribution in [-0.4, -0.2) is 41.0 Å². The van der Waals surface area contributed by atoms with Crippen LogP contribution < -0.4 is 0 Å². The highest BCUT2D eigenvalue weighted by Gasteiger charge is 2.19. The Bertz CT molecular complexity index is 444. The quantitative estimate of drug-likeness (QED) is 0.629. The van der Waals surface area contributed by atoms with Gasteiger partial charge in [0.2, 0.25) is 5.91 Å². The molecule has 0 bridgehead atoms. The number of amides is 1. The van der Waals surface area contributed by atoms with Gasteiger partial charge >= 0.3 is 0 Å². The van der Waals surface area contributed by atoms with Crippen LogP contribution in [0.4, 0.5) is 0 Å². The lowest BCUT2D eigenvalue weighted by Crippen LogP contribution is -2.43. The summed E-state index contributed by atoms with van der Waals surface area (Å²) in [7, 11) is 0. The molecule has 96 valence electrons. The molecule has 1 aliphatic rings. The van der Waals surface area contributed by atoms with Gasteiger partial charge in [0.25, 0.3) is 0 Å². The van der Waals surface area contributed by atoms with Crippen molar-refractivity contribution in [3.8, 4) is 5.75 Å². The molecule has 1 amide bonds. The van der Waals surface area contributed by atoms with Gasteiger partial charge in [-0.1, -0.05) is 12.1 Å². The lowest BCUT2D eigenvalue weighted by molar-refractivity contribution is -0.130. The molecule has 1 saturated heterocycles. The van der Waals surface area contributed by atoms with Gasteiger partial charge in [0.15, 0.2) is 0 Å². The van der Waals surface area contributed by atoms with Gasteiger partial charge in [0.1, 0.15) is 11.2 Å². The zero-order chi connectivity index (χ0) is 13.0. The number of nitrogens with zero attached hydrogens (tertiary/aromatic N) is 1. The van der Waals surface area contributed by atoms with E-state index in [2.05, 4.69) is 12.6 Å². The molecular weight excluding hydrogens is 250 g/mol. The van der Waals surface area contributed by atoms with E-state index in [0.29, 0.717) is 19.7 Å². The number of phenolic OH excluding ortho intramolecular Hbond substituents is 1. The number of hydrogen-bond donors (Lipinski definition) is 2. The van der Waals surface area contributed by atoms with E-state index in [-0.39, 0.29) is 17.1 Å². The first-order valence-electron chi connectivity index (χ1n) is 5.71. The van der Waals surface area contributed by atoms with Gasteiger partial charge in [-0.3, -0.25) is 4.79 Å². The molecule has 2 rings (SSSR count). The lowest BCUT2D eigenvalue weighted by Gasteiger charge is -2.29. The smallest absolute Gasteiger partial charge is 0.246 e. The van der Waals surface area contributed by atoms with Gasteiger partial charge in [-0.05, 0) is 23.8 Å². The molecular formula is C13H15NO3S. The van der Waals surface area contributed by atoms with Gasteiger partial charge < -0.3 is 14.7 Å². The highest BCUT2D eigenvalue weighted by Crippen LogP contribution is 2.12. The van der Waals surface area contributed by atoms with E-state index in [1.54, 1.807) is 35.2 Å². The van der Waals surface area contributed by atoms with Crippen molar-refractivity contribution in [3.05, 3.63) is 35.9 Å². The topological polar surface area (TPSA) is 49.8 Å². The number of aromatic hydroxyl groups is 1. The molecule has 1 atom stereocenters. The van der Waals surface area contributed by atoms with Gasteiger partial charge in [-0.25, -0.2) is 0 Å². The Balaban J connectivity index is 1.96. The number of hydrogen-bond acceptors (Lipinski definition) is 4. The minimum Gasteiger partial charge on any atom is -0.508 e. The summed E-state index contributed by atoms with van der Waals surface area (Å²) in [5.74, 6) is 0.162. The monoisotopic (exact) mass is 265 g/mol. The van der Waals surface area contributed by atoms with E-state index in [0.717, 1.165) is 5.56 Å². The molecule has 0 radical (unpaired) electrons. The fourth-order valence-electron chi connectivity index (χ4n) is 1.69. The van der Waals surface area contributed by atoms with E-state index < -0.39 is 0 Å². The summed E-state index contributed by atoms with van der Waals surface area (Å²) < 4.78 is 5.25. The van der Waals surface area contributed by atoms with Gasteiger partial charge in [0.05, 0.1) is 13.2 Å². The van der Waals surface area contributed by atoms with Crippen molar-refractivity contribution >= 4 is 24.6 Å². The molecule has 1 unspecified atom stereocenters. The third-order valence-corrected chi connectivity index (χ3v) is 2.98. The first-order valence-corrected chi connectivity index (χ1v) is 6.22. The minimum atomic E-state index is -0.204. The average molecular weight is 265 g/mol. The summed E-state index contributed by atoms with van der Waals surface area (Å²) in [5.41, 5.74) is 0.668. The predicted molar refractivity (Wildman–Crippen MR) is 72.4 cm³/mol. The summed E-state index contributed by atoms with van der Waals surface area (Å²) in [6.45, 7) is 1.62. The van der Waals surface area contributed by atoms with Crippen LogP contribution in [0.15, 0.2) is 30.3 Å². The maximum atomic E-state index is 11.9. The Hall–Kier alpha value is -1.46. The molecule has 4 nitrogen and oxygen atoms in total. The minimum absolute atomic E-state index is 0.0505. The number of carbonyl (C=O) groups excluding carboxylic acids is 1. The highest BCUT2D eigenvalue weighted by atomic mass is 32.1. The van der Waals surface area contributed by atoms with Crippen LogP contribution in [0.25, 0.3) is 6.08 Å². The summed E-state index contributed by atoms with van der Waals surface area (Å²) in [5, 5.41) is 9.15. The normalized spacial score (nSPS) is 20.3. The summed E-state index contributed by atoms with van der Waals surface area (Å²) >= 11 is 4.20. The Morgan fingerprint density at radius 2 is 2.17 bits per heavy atom. The Labute approximate surface area is 111 Å². The zero-order valence-electron chi connectivity index (χ0n) is 9.82. The second-order valence-corrected chi connectivity index (χ2v) is 4.61. The fraction of sp³-hybridized carbons (Fsp3) is 0.308. The molecule has 0 saturated carbocycles. The van der Waals surface area contributed by atoms with Gasteiger partial charge in [-0.15, -0.1) is 12.6 Å². The maximum absolute atomic E-state index is 11.9. The molecule has 18 heavy (non-hydrogen) atoms. The Morgan fingerprint density at radius 1 is 1.44 bits per heavy atom. The van der Waals surface area contributed by atoms with Crippen molar-refractivity contribution in [3.63, 3.8) is 0 Å². The summed E-state index contributed by atoms with van der Waals surface area (Å²) in [6.07, 6.45) is 3.25. The number of morpholine rings is 1. The van der Waals surface area contributed by atoms with Crippen LogP contribution in [0.1, 0.15) is 5.56 Å². The van der Waals surface area contributed by atoms with Crippen LogP contribution in [-0.2, 0) is 9.53 Å². The predicted octanol–water partition coefficient (Wildman–Crippen LogP) is 1.52. The van der Waals surface area contributed by atoms with Crippen molar-refractivity contribution in [2.24, 2.45) is 0 Å². The van der Waals surface area contributed by atoms with Crippen molar-refractivity contribution in [1.29, 1.82) is 0 Å². The summed E-state index contributed by atoms with van der Waals surface area (Å²) in [4.78, 5) is 13.6. The zero-order valence-corrected chi connectivity index (χ0v) is 10.7. The SMILES string of the molecule is O=C(/C=C/c1ccc(O)cc1)N1CCOC(S)C1. The number of carbonyl (C=O) groups is 1. The van der Waals surface area contributed by atoms with E-state index in [9.17, 15) is 4.79 Å². The first-order chi connectivity index (χ1) is 8.65. The number of phenols is 1. The number of rotatable bonds is 2. The molecule has 0 aromatic heterocycles. The average Bonchev–Trinajstić information content (AvgIpc) is 2.38. The third kappa shape index (κ3) is 3.51. The summed E-state index contributed by atoms with van der Waals surface area (Å²) in [6, 6.07) is 6.67. The third-order valence-electron chi connectivity index (χ3n) is 2.67. The van der Waals surface area contributed by atoms with Crippen LogP contribution in [0.2, 0.25) is 0 Å². The molecule has 0 spiro atoms. The van der Waals surface area contributed by atoms with Crippen LogP contribution in [0.3, 0.4) is 0 Å².